The first-order chi connectivity index (χ1) is 18.5. The molecule has 3 heterocycles. The number of rotatable bonds is 3. The summed E-state index contributed by atoms with van der Waals surface area (Å²) in [6.45, 7) is 12.2. The number of carbonyl (C=O) groups is 2. The molecular formula is C28H33FN6O4S. The van der Waals surface area contributed by atoms with Crippen molar-refractivity contribution in [2.24, 2.45) is 9.36 Å². The number of nitrogens with one attached hydrogen (secondary N) is 2. The summed E-state index contributed by atoms with van der Waals surface area (Å²) in [6, 6.07) is 7.60. The van der Waals surface area contributed by atoms with E-state index in [0.29, 0.717) is 24.1 Å². The van der Waals surface area contributed by atoms with Crippen molar-refractivity contribution in [3.05, 3.63) is 58.7 Å². The summed E-state index contributed by atoms with van der Waals surface area (Å²) in [7, 11) is -3.04. The van der Waals surface area contributed by atoms with Gasteiger partial charge >= 0.3 is 6.09 Å². The predicted octanol–water partition coefficient (Wildman–Crippen LogP) is 4.82. The Morgan fingerprint density at radius 2 is 1.90 bits per heavy atom. The number of hydrogen-bond acceptors (Lipinski definition) is 8. The topological polar surface area (TPSA) is 146 Å². The van der Waals surface area contributed by atoms with E-state index >= 15 is 4.39 Å². The van der Waals surface area contributed by atoms with E-state index in [2.05, 4.69) is 20.0 Å². The van der Waals surface area contributed by atoms with E-state index < -0.39 is 48.7 Å². The molecule has 2 amide bonds. The van der Waals surface area contributed by atoms with Gasteiger partial charge in [0.15, 0.2) is 0 Å². The Morgan fingerprint density at radius 1 is 1.20 bits per heavy atom. The van der Waals surface area contributed by atoms with Crippen molar-refractivity contribution in [3.63, 3.8) is 0 Å². The maximum absolute atomic E-state index is 15.5. The Balaban J connectivity index is 1.77. The third kappa shape index (κ3) is 5.06. The standard InChI is InChI=1S/C28H33FN6O4S/c1-16-12-17(14-30)15-31-22(16)23(36)33-18-8-9-20(29)19(13-18)28(7)21-10-11-32-40(21,38)27(5,6)24(35-28)34-25(37)39-26(2,3)4/h8-9,12-13,15,21H,10-11H2,1-7H3,(H,33,36)(H,34,35,37)/t21-,28-,40?/m1/s1. The molecule has 0 radical (unpaired) electrons. The fraction of sp³-hybridized carbons (Fsp3) is 0.464. The quantitative estimate of drug-likeness (QED) is 0.543. The number of nitriles is 1. The highest BCUT2D eigenvalue weighted by molar-refractivity contribution is 7.96. The van der Waals surface area contributed by atoms with Crippen LogP contribution in [0.25, 0.3) is 0 Å². The number of amides is 2. The van der Waals surface area contributed by atoms with Crippen LogP contribution in [0.4, 0.5) is 14.9 Å². The van der Waals surface area contributed by atoms with Gasteiger partial charge < -0.3 is 10.1 Å². The molecule has 4 rings (SSSR count). The smallest absolute Gasteiger partial charge is 0.413 e. The molecule has 0 aliphatic carbocycles. The molecule has 0 saturated carbocycles. The monoisotopic (exact) mass is 568 g/mol. The van der Waals surface area contributed by atoms with Crippen molar-refractivity contribution in [2.75, 3.05) is 11.9 Å². The number of pyridine rings is 1. The number of anilines is 1. The number of alkyl carbamates (subject to hydrolysis) is 1. The molecule has 212 valence electrons. The molecule has 12 heteroatoms. The van der Waals surface area contributed by atoms with Crippen LogP contribution in [0.5, 0.6) is 0 Å². The van der Waals surface area contributed by atoms with Crippen molar-refractivity contribution in [2.45, 2.75) is 76.0 Å². The second kappa shape index (κ2) is 9.96. The molecule has 0 saturated heterocycles. The lowest BCUT2D eigenvalue weighted by Crippen LogP contribution is -2.60. The van der Waals surface area contributed by atoms with E-state index in [1.165, 1.54) is 24.4 Å². The van der Waals surface area contributed by atoms with E-state index in [9.17, 15) is 13.8 Å². The zero-order chi connectivity index (χ0) is 29.7. The summed E-state index contributed by atoms with van der Waals surface area (Å²) >= 11 is 0. The first kappa shape index (κ1) is 29.1. The lowest BCUT2D eigenvalue weighted by Gasteiger charge is -2.45. The molecule has 40 heavy (non-hydrogen) atoms. The van der Waals surface area contributed by atoms with Crippen LogP contribution in [0.3, 0.4) is 0 Å². The lowest BCUT2D eigenvalue weighted by molar-refractivity contribution is 0.0560. The van der Waals surface area contributed by atoms with Gasteiger partial charge in [-0.3, -0.25) is 15.1 Å². The number of halogens is 1. The second-order valence-electron chi connectivity index (χ2n) is 11.6. The minimum Gasteiger partial charge on any atom is -0.444 e. The van der Waals surface area contributed by atoms with Crippen LogP contribution in [0, 0.1) is 24.1 Å². The molecular weight excluding hydrogens is 535 g/mol. The van der Waals surface area contributed by atoms with E-state index in [1.807, 2.05) is 6.07 Å². The number of carbonyl (C=O) groups excluding carboxylic acids is 2. The predicted molar refractivity (Wildman–Crippen MR) is 150 cm³/mol. The Labute approximate surface area is 233 Å². The molecule has 0 spiro atoms. The Kier molecular flexibility index (Phi) is 7.26. The Bertz CT molecular complexity index is 1600. The van der Waals surface area contributed by atoms with Gasteiger partial charge in [0.25, 0.3) is 5.91 Å². The summed E-state index contributed by atoms with van der Waals surface area (Å²) < 4.78 is 38.8. The number of benzene rings is 1. The Hall–Kier alpha value is -3.85. The van der Waals surface area contributed by atoms with Gasteiger partial charge in [0.1, 0.15) is 39.3 Å². The highest BCUT2D eigenvalue weighted by Crippen LogP contribution is 2.48. The number of amidine groups is 1. The van der Waals surface area contributed by atoms with Gasteiger partial charge in [-0.1, -0.05) is 0 Å². The molecule has 0 bridgehead atoms. The normalized spacial score (nSPS) is 25.1. The van der Waals surface area contributed by atoms with E-state index in [4.69, 9.17) is 15.0 Å². The highest BCUT2D eigenvalue weighted by Gasteiger charge is 2.57. The van der Waals surface area contributed by atoms with Crippen LogP contribution in [-0.4, -0.2) is 49.2 Å². The van der Waals surface area contributed by atoms with Gasteiger partial charge in [0, 0.05) is 24.0 Å². The van der Waals surface area contributed by atoms with E-state index in [-0.39, 0.29) is 22.8 Å². The third-order valence-electron chi connectivity index (χ3n) is 7.14. The molecule has 1 aromatic heterocycles. The second-order valence-corrected chi connectivity index (χ2v) is 14.6. The number of hydrogen-bond donors (Lipinski definition) is 2. The van der Waals surface area contributed by atoms with Crippen LogP contribution in [-0.2, 0) is 20.0 Å². The van der Waals surface area contributed by atoms with Crippen LogP contribution in [0.1, 0.15) is 75.1 Å². The minimum atomic E-state index is -3.04. The van der Waals surface area contributed by atoms with Gasteiger partial charge in [0.2, 0.25) is 0 Å². The summed E-state index contributed by atoms with van der Waals surface area (Å²) in [4.78, 5) is 34.6. The third-order valence-corrected chi connectivity index (χ3v) is 10.8. The van der Waals surface area contributed by atoms with Crippen LogP contribution >= 0.6 is 0 Å². The molecule has 2 aromatic rings. The number of fused-ring (bicyclic) bond motifs is 1. The molecule has 10 nitrogen and oxygen atoms in total. The first-order valence-corrected chi connectivity index (χ1v) is 14.4. The van der Waals surface area contributed by atoms with Crippen molar-refractivity contribution < 1.29 is 22.9 Å². The molecule has 3 atom stereocenters. The van der Waals surface area contributed by atoms with Crippen LogP contribution in [0.2, 0.25) is 0 Å². The zero-order valence-corrected chi connectivity index (χ0v) is 24.4. The Morgan fingerprint density at radius 3 is 2.52 bits per heavy atom. The molecule has 1 unspecified atom stereocenters. The maximum atomic E-state index is 15.5. The van der Waals surface area contributed by atoms with Gasteiger partial charge in [-0.15, -0.1) is 0 Å². The molecule has 0 fully saturated rings. The fourth-order valence-corrected chi connectivity index (χ4v) is 8.30. The molecule has 2 N–H and O–H groups in total. The maximum Gasteiger partial charge on any atom is 0.413 e. The number of aromatic nitrogens is 1. The molecule has 1 aromatic carbocycles. The fourth-order valence-electron chi connectivity index (χ4n) is 5.11. The zero-order valence-electron chi connectivity index (χ0n) is 23.6. The molecule has 2 aliphatic heterocycles. The SMILES string of the molecule is Cc1cc(C#N)cnc1C(=O)Nc1ccc(F)c([C@@]2(C)N=C(NC(=O)OC(C)(C)C)C(C)(C)S3(=O)=NCC[C@H]23)c1. The summed E-state index contributed by atoms with van der Waals surface area (Å²) in [5.41, 5.74) is -0.837. The van der Waals surface area contributed by atoms with Gasteiger partial charge in [-0.2, -0.15) is 5.26 Å². The van der Waals surface area contributed by atoms with Crippen LogP contribution < -0.4 is 10.6 Å². The number of aryl methyl sites for hydroxylation is 1. The summed E-state index contributed by atoms with van der Waals surface area (Å²) in [6.07, 6.45) is 0.941. The van der Waals surface area contributed by atoms with Gasteiger partial charge in [-0.25, -0.2) is 22.7 Å². The van der Waals surface area contributed by atoms with E-state index in [0.717, 1.165) is 0 Å². The first-order valence-electron chi connectivity index (χ1n) is 12.8. The largest absolute Gasteiger partial charge is 0.444 e. The van der Waals surface area contributed by atoms with Crippen molar-refractivity contribution in [1.29, 1.82) is 5.26 Å². The number of nitrogens with zero attached hydrogens (tertiary/aromatic N) is 4. The summed E-state index contributed by atoms with van der Waals surface area (Å²) in [5.74, 6) is -1.06. The van der Waals surface area contributed by atoms with Gasteiger partial charge in [0.05, 0.1) is 20.5 Å². The highest BCUT2D eigenvalue weighted by atomic mass is 32.2. The summed E-state index contributed by atoms with van der Waals surface area (Å²) in [5, 5.41) is 13.8. The average Bonchev–Trinajstić information content (AvgIpc) is 3.27. The van der Waals surface area contributed by atoms with Crippen molar-refractivity contribution >= 4 is 33.3 Å². The number of ether oxygens (including phenoxy) is 1. The number of aliphatic imine (C=N–C) groups is 1. The van der Waals surface area contributed by atoms with Crippen molar-refractivity contribution in [3.8, 4) is 6.07 Å². The molecule has 2 aliphatic rings. The average molecular weight is 569 g/mol. The van der Waals surface area contributed by atoms with Gasteiger partial charge in [-0.05, 0) is 84.7 Å². The van der Waals surface area contributed by atoms with E-state index in [1.54, 1.807) is 54.5 Å². The lowest BCUT2D eigenvalue weighted by atomic mass is 9.85. The van der Waals surface area contributed by atoms with Crippen LogP contribution in [0.15, 0.2) is 39.8 Å². The van der Waals surface area contributed by atoms with Crippen molar-refractivity contribution in [1.82, 2.24) is 10.3 Å². The minimum absolute atomic E-state index is 0.0856.